The third-order valence-electron chi connectivity index (χ3n) is 4.78. The molecule has 0 aromatic rings. The van der Waals surface area contributed by atoms with Crippen LogP contribution in [-0.2, 0) is 4.79 Å². The minimum absolute atomic E-state index is 0.00766. The highest BCUT2D eigenvalue weighted by Crippen LogP contribution is 2.51. The van der Waals surface area contributed by atoms with E-state index in [9.17, 15) is 23.1 Å². The van der Waals surface area contributed by atoms with E-state index in [4.69, 9.17) is 0 Å². The summed E-state index contributed by atoms with van der Waals surface area (Å²) in [7, 11) is 0. The van der Waals surface area contributed by atoms with Gasteiger partial charge in [-0.05, 0) is 25.7 Å². The summed E-state index contributed by atoms with van der Waals surface area (Å²) in [6.45, 7) is 1.98. The fourth-order valence-corrected chi connectivity index (χ4v) is 3.71. The maximum atomic E-state index is 12.2. The lowest BCUT2D eigenvalue weighted by Crippen LogP contribution is -2.42. The summed E-state index contributed by atoms with van der Waals surface area (Å²) in [6.07, 6.45) is -2.67. The zero-order valence-electron chi connectivity index (χ0n) is 11.0. The molecule has 2 fully saturated rings. The monoisotopic (exact) mass is 279 g/mol. The molecule has 3 atom stereocenters. The van der Waals surface area contributed by atoms with Crippen molar-refractivity contribution in [1.82, 2.24) is 4.90 Å². The second-order valence-corrected chi connectivity index (χ2v) is 5.74. The highest BCUT2D eigenvalue weighted by atomic mass is 19.4. The van der Waals surface area contributed by atoms with Crippen LogP contribution in [0.2, 0.25) is 0 Å². The Kier molecular flexibility index (Phi) is 3.82. The van der Waals surface area contributed by atoms with Crippen LogP contribution in [0.25, 0.3) is 0 Å². The molecule has 6 heteroatoms. The number of hydrogen-bond acceptors (Lipinski definition) is 2. The van der Waals surface area contributed by atoms with Gasteiger partial charge in [0.25, 0.3) is 0 Å². The first kappa shape index (κ1) is 14.6. The van der Waals surface area contributed by atoms with Gasteiger partial charge in [-0.15, -0.1) is 0 Å². The lowest BCUT2D eigenvalue weighted by atomic mass is 9.72. The highest BCUT2D eigenvalue weighted by Gasteiger charge is 2.56. The molecule has 19 heavy (non-hydrogen) atoms. The van der Waals surface area contributed by atoms with Gasteiger partial charge in [-0.2, -0.15) is 13.2 Å². The SMILES string of the molecule is CC[C@@]1(CO)C[C@@H]2CC[C@H]1N2C(=O)CCC(F)(F)F. The van der Waals surface area contributed by atoms with Gasteiger partial charge in [0.15, 0.2) is 0 Å². The Morgan fingerprint density at radius 1 is 1.42 bits per heavy atom. The van der Waals surface area contributed by atoms with E-state index in [0.29, 0.717) is 0 Å². The molecule has 0 aliphatic carbocycles. The van der Waals surface area contributed by atoms with Crippen LogP contribution in [0.15, 0.2) is 0 Å². The van der Waals surface area contributed by atoms with Gasteiger partial charge in [-0.1, -0.05) is 6.92 Å². The molecular weight excluding hydrogens is 259 g/mol. The molecule has 2 aliphatic rings. The van der Waals surface area contributed by atoms with Gasteiger partial charge >= 0.3 is 6.18 Å². The Balaban J connectivity index is 2.04. The minimum Gasteiger partial charge on any atom is -0.396 e. The Hall–Kier alpha value is -0.780. The average molecular weight is 279 g/mol. The van der Waals surface area contributed by atoms with E-state index in [1.807, 2.05) is 6.92 Å². The summed E-state index contributed by atoms with van der Waals surface area (Å²) in [4.78, 5) is 13.6. The molecule has 2 rings (SSSR count). The molecule has 0 saturated carbocycles. The van der Waals surface area contributed by atoms with Crippen LogP contribution in [0, 0.1) is 5.41 Å². The van der Waals surface area contributed by atoms with E-state index >= 15 is 0 Å². The smallest absolute Gasteiger partial charge is 0.389 e. The van der Waals surface area contributed by atoms with Gasteiger partial charge in [0.1, 0.15) is 0 Å². The number of rotatable bonds is 4. The van der Waals surface area contributed by atoms with Gasteiger partial charge in [0.2, 0.25) is 5.91 Å². The molecule has 0 aromatic heterocycles. The largest absolute Gasteiger partial charge is 0.396 e. The van der Waals surface area contributed by atoms with Crippen molar-refractivity contribution in [2.45, 2.75) is 63.7 Å². The molecule has 1 N–H and O–H groups in total. The van der Waals surface area contributed by atoms with Gasteiger partial charge < -0.3 is 10.0 Å². The van der Waals surface area contributed by atoms with Crippen molar-refractivity contribution in [1.29, 1.82) is 0 Å². The van der Waals surface area contributed by atoms with Crippen molar-refractivity contribution in [2.24, 2.45) is 5.41 Å². The van der Waals surface area contributed by atoms with Gasteiger partial charge in [0.05, 0.1) is 13.0 Å². The highest BCUT2D eigenvalue weighted by molar-refractivity contribution is 5.78. The summed E-state index contributed by atoms with van der Waals surface area (Å²) in [5.41, 5.74) is -0.295. The third kappa shape index (κ3) is 2.59. The number of hydrogen-bond donors (Lipinski definition) is 1. The van der Waals surface area contributed by atoms with Crippen LogP contribution < -0.4 is 0 Å². The van der Waals surface area contributed by atoms with Crippen molar-refractivity contribution in [3.8, 4) is 0 Å². The molecule has 110 valence electrons. The van der Waals surface area contributed by atoms with Crippen LogP contribution in [0.1, 0.15) is 45.4 Å². The maximum absolute atomic E-state index is 12.2. The molecule has 0 spiro atoms. The predicted molar refractivity (Wildman–Crippen MR) is 63.4 cm³/mol. The van der Waals surface area contributed by atoms with E-state index in [0.717, 1.165) is 25.7 Å². The quantitative estimate of drug-likeness (QED) is 0.859. The zero-order valence-corrected chi connectivity index (χ0v) is 11.0. The van der Waals surface area contributed by atoms with Crippen LogP contribution >= 0.6 is 0 Å². The summed E-state index contributed by atoms with van der Waals surface area (Å²) in [5, 5.41) is 9.58. The first-order valence-corrected chi connectivity index (χ1v) is 6.82. The fraction of sp³-hybridized carbons (Fsp3) is 0.923. The van der Waals surface area contributed by atoms with E-state index in [-0.39, 0.29) is 24.1 Å². The van der Waals surface area contributed by atoms with Crippen LogP contribution in [0.3, 0.4) is 0 Å². The molecular formula is C13H20F3NO2. The molecule has 0 aromatic carbocycles. The zero-order chi connectivity index (χ0) is 14.3. The Bertz CT molecular complexity index is 352. The number of aliphatic hydroxyl groups is 1. The number of nitrogens with zero attached hydrogens (tertiary/aromatic N) is 1. The van der Waals surface area contributed by atoms with Crippen LogP contribution in [0.5, 0.6) is 0 Å². The minimum atomic E-state index is -4.28. The first-order valence-electron chi connectivity index (χ1n) is 6.82. The van der Waals surface area contributed by atoms with Crippen molar-refractivity contribution in [3.05, 3.63) is 0 Å². The lowest BCUT2D eigenvalue weighted by Gasteiger charge is -2.34. The summed E-state index contributed by atoms with van der Waals surface area (Å²) < 4.78 is 36.6. The first-order chi connectivity index (χ1) is 8.83. The van der Waals surface area contributed by atoms with Crippen molar-refractivity contribution in [3.63, 3.8) is 0 Å². The van der Waals surface area contributed by atoms with Crippen molar-refractivity contribution >= 4 is 5.91 Å². The van der Waals surface area contributed by atoms with Gasteiger partial charge in [-0.25, -0.2) is 0 Å². The second-order valence-electron chi connectivity index (χ2n) is 5.74. The normalized spacial score (nSPS) is 34.1. The third-order valence-corrected chi connectivity index (χ3v) is 4.78. The predicted octanol–water partition coefficient (Wildman–Crippen LogP) is 2.48. The molecule has 2 saturated heterocycles. The Morgan fingerprint density at radius 2 is 2.11 bits per heavy atom. The Morgan fingerprint density at radius 3 is 2.58 bits per heavy atom. The maximum Gasteiger partial charge on any atom is 0.389 e. The number of fused-ring (bicyclic) bond motifs is 2. The molecule has 3 nitrogen and oxygen atoms in total. The molecule has 2 heterocycles. The summed E-state index contributed by atoms with van der Waals surface area (Å²) in [5.74, 6) is -0.409. The van der Waals surface area contributed by atoms with E-state index in [2.05, 4.69) is 0 Å². The van der Waals surface area contributed by atoms with E-state index in [1.54, 1.807) is 4.90 Å². The second kappa shape index (κ2) is 4.96. The van der Waals surface area contributed by atoms with Crippen molar-refractivity contribution in [2.75, 3.05) is 6.61 Å². The topological polar surface area (TPSA) is 40.5 Å². The molecule has 0 radical (unpaired) electrons. The molecule has 0 unspecified atom stereocenters. The molecule has 1 amide bonds. The number of carbonyl (C=O) groups is 1. The van der Waals surface area contributed by atoms with Crippen LogP contribution in [-0.4, -0.2) is 40.8 Å². The fourth-order valence-electron chi connectivity index (χ4n) is 3.71. The number of alkyl halides is 3. The van der Waals surface area contributed by atoms with Gasteiger partial charge in [0, 0.05) is 23.9 Å². The average Bonchev–Trinajstić information content (AvgIpc) is 2.90. The standard InChI is InChI=1S/C13H20F3NO2/c1-2-12(8-18)7-9-3-4-10(12)17(9)11(19)5-6-13(14,15)16/h9-10,18H,2-8H2,1H3/t9-,10+,12-/m0/s1. The lowest BCUT2D eigenvalue weighted by molar-refractivity contribution is -0.150. The van der Waals surface area contributed by atoms with Crippen LogP contribution in [0.4, 0.5) is 13.2 Å². The van der Waals surface area contributed by atoms with E-state index < -0.39 is 24.9 Å². The van der Waals surface area contributed by atoms with Gasteiger partial charge in [-0.3, -0.25) is 4.79 Å². The summed E-state index contributed by atoms with van der Waals surface area (Å²) >= 11 is 0. The van der Waals surface area contributed by atoms with Crippen molar-refractivity contribution < 1.29 is 23.1 Å². The molecule has 2 aliphatic heterocycles. The Labute approximate surface area is 110 Å². The van der Waals surface area contributed by atoms with E-state index in [1.165, 1.54) is 0 Å². The number of amides is 1. The summed E-state index contributed by atoms with van der Waals surface area (Å²) in [6, 6.07) is -0.0499. The molecule has 2 bridgehead atoms. The number of halogens is 3. The number of aliphatic hydroxyl groups excluding tert-OH is 1. The number of carbonyl (C=O) groups excluding carboxylic acids is 1.